The molecule has 0 radical (unpaired) electrons. The van der Waals surface area contributed by atoms with Crippen molar-refractivity contribution in [3.63, 3.8) is 0 Å². The van der Waals surface area contributed by atoms with Crippen molar-refractivity contribution in [2.75, 3.05) is 26.3 Å². The van der Waals surface area contributed by atoms with Gasteiger partial charge in [-0.15, -0.1) is 0 Å². The van der Waals surface area contributed by atoms with Crippen molar-refractivity contribution in [2.45, 2.75) is 38.3 Å². The summed E-state index contributed by atoms with van der Waals surface area (Å²) >= 11 is 1.55. The lowest BCUT2D eigenvalue weighted by Gasteiger charge is -2.36. The number of hydrogen-bond acceptors (Lipinski definition) is 5. The Bertz CT molecular complexity index is 1070. The maximum Gasteiger partial charge on any atom is 0.279 e. The second-order valence-corrected chi connectivity index (χ2v) is 10.3. The first kappa shape index (κ1) is 20.4. The molecule has 2 aliphatic rings. The van der Waals surface area contributed by atoms with Crippen LogP contribution in [0.25, 0.3) is 10.2 Å². The Balaban J connectivity index is 1.20. The van der Waals surface area contributed by atoms with E-state index in [2.05, 4.69) is 17.1 Å². The molecule has 1 N–H and O–H groups in total. The van der Waals surface area contributed by atoms with Gasteiger partial charge in [0, 0.05) is 12.8 Å². The Hall–Kier alpha value is -2.48. The van der Waals surface area contributed by atoms with Crippen LogP contribution in [0.3, 0.4) is 0 Å². The largest absolute Gasteiger partial charge is 0.431 e. The molecule has 1 amide bonds. The number of thiazole rings is 1. The van der Waals surface area contributed by atoms with Crippen molar-refractivity contribution in [3.8, 4) is 10.9 Å². The zero-order chi connectivity index (χ0) is 21.6. The summed E-state index contributed by atoms with van der Waals surface area (Å²) in [6, 6.07) is 16.5. The summed E-state index contributed by atoms with van der Waals surface area (Å²) in [4.78, 5) is 19.0. The third kappa shape index (κ3) is 4.05. The van der Waals surface area contributed by atoms with Crippen LogP contribution in [0.1, 0.15) is 25.8 Å². The fourth-order valence-electron chi connectivity index (χ4n) is 4.82. The summed E-state index contributed by atoms with van der Waals surface area (Å²) in [5.41, 5.74) is 0.925. The third-order valence-electron chi connectivity index (χ3n) is 6.49. The third-order valence-corrected chi connectivity index (χ3v) is 7.40. The average Bonchev–Trinajstić information content (AvgIpc) is 3.44. The highest BCUT2D eigenvalue weighted by Gasteiger charge is 2.52. The summed E-state index contributed by atoms with van der Waals surface area (Å²) in [5.74, 6) is 0.646. The van der Waals surface area contributed by atoms with Gasteiger partial charge in [-0.05, 0) is 43.7 Å². The van der Waals surface area contributed by atoms with Crippen LogP contribution in [0.15, 0.2) is 48.5 Å². The van der Waals surface area contributed by atoms with Gasteiger partial charge in [0.15, 0.2) is 6.67 Å². The van der Waals surface area contributed by atoms with Crippen LogP contribution < -0.4 is 4.74 Å². The molecule has 2 aliphatic heterocycles. The van der Waals surface area contributed by atoms with Gasteiger partial charge in [0.1, 0.15) is 17.9 Å². The number of rotatable bonds is 6. The van der Waals surface area contributed by atoms with Gasteiger partial charge in [0.25, 0.3) is 11.1 Å². The number of carbonyl (C=O) groups is 1. The van der Waals surface area contributed by atoms with Gasteiger partial charge in [-0.1, -0.05) is 35.6 Å². The number of aliphatic hydroxyl groups is 1. The molecule has 31 heavy (non-hydrogen) atoms. The Morgan fingerprint density at radius 3 is 2.77 bits per heavy atom. The van der Waals surface area contributed by atoms with Crippen molar-refractivity contribution in [1.29, 1.82) is 0 Å². The number of nitrogens with zero attached hydrogens (tertiary/aromatic N) is 3. The minimum Gasteiger partial charge on any atom is -0.431 e. The molecule has 162 valence electrons. The maximum atomic E-state index is 12.6. The minimum atomic E-state index is -1.30. The van der Waals surface area contributed by atoms with Crippen LogP contribution in [0.5, 0.6) is 10.9 Å². The summed E-state index contributed by atoms with van der Waals surface area (Å²) < 4.78 is 8.01. The molecule has 2 saturated heterocycles. The molecule has 2 aromatic carbocycles. The van der Waals surface area contributed by atoms with E-state index < -0.39 is 5.60 Å². The van der Waals surface area contributed by atoms with Crippen LogP contribution in [0.4, 0.5) is 0 Å². The van der Waals surface area contributed by atoms with Gasteiger partial charge in [0.05, 0.1) is 29.3 Å². The molecule has 2 fully saturated rings. The van der Waals surface area contributed by atoms with E-state index in [0.29, 0.717) is 11.9 Å². The molecule has 3 heterocycles. The van der Waals surface area contributed by atoms with Crippen molar-refractivity contribution < 1.29 is 19.1 Å². The predicted octanol–water partition coefficient (Wildman–Crippen LogP) is 3.79. The predicted molar refractivity (Wildman–Crippen MR) is 121 cm³/mol. The van der Waals surface area contributed by atoms with Gasteiger partial charge >= 0.3 is 0 Å². The minimum absolute atomic E-state index is 0.145. The van der Waals surface area contributed by atoms with Crippen molar-refractivity contribution in [2.24, 2.45) is 0 Å². The highest BCUT2D eigenvalue weighted by Crippen LogP contribution is 2.34. The molecule has 1 aromatic heterocycles. The van der Waals surface area contributed by atoms with Crippen molar-refractivity contribution in [3.05, 3.63) is 54.1 Å². The number of fused-ring (bicyclic) bond motifs is 3. The number of ether oxygens (including phenoxy) is 1. The molecule has 6 nitrogen and oxygen atoms in total. The standard InChI is InChI=1S/C24H28N3O3S/c1-24(2,29)22(28)26-16-27(14-12-18(26)15-27)13-11-17-7-9-19(10-8-17)30-23-25-20-5-3-4-6-21(20)31-23/h3-10,18,29H,11-16H2,1-2H3/q+1/t18-,27-/m0/s1. The summed E-state index contributed by atoms with van der Waals surface area (Å²) in [5, 5.41) is 10.8. The highest BCUT2D eigenvalue weighted by molar-refractivity contribution is 7.20. The second-order valence-electron chi connectivity index (χ2n) is 9.33. The first-order valence-electron chi connectivity index (χ1n) is 10.8. The molecule has 0 spiro atoms. The van der Waals surface area contributed by atoms with Crippen LogP contribution >= 0.6 is 11.3 Å². The van der Waals surface area contributed by atoms with E-state index in [9.17, 15) is 9.90 Å². The summed E-state index contributed by atoms with van der Waals surface area (Å²) in [6.45, 7) is 6.99. The van der Waals surface area contributed by atoms with E-state index in [-0.39, 0.29) is 11.9 Å². The normalized spacial score (nSPS) is 22.9. The van der Waals surface area contributed by atoms with Crippen LogP contribution in [0, 0.1) is 0 Å². The molecule has 7 heteroatoms. The molecule has 5 rings (SSSR count). The van der Waals surface area contributed by atoms with Crippen LogP contribution in [-0.2, 0) is 11.2 Å². The molecular weight excluding hydrogens is 410 g/mol. The number of aromatic nitrogens is 1. The number of amides is 1. The second kappa shape index (κ2) is 7.58. The van der Waals surface area contributed by atoms with E-state index in [1.54, 1.807) is 25.2 Å². The molecule has 0 aliphatic carbocycles. The summed E-state index contributed by atoms with van der Waals surface area (Å²) in [7, 11) is 0. The fraction of sp³-hybridized carbons (Fsp3) is 0.417. The van der Waals surface area contributed by atoms with E-state index in [0.717, 1.165) is 52.9 Å². The number of benzene rings is 2. The smallest absolute Gasteiger partial charge is 0.279 e. The maximum absolute atomic E-state index is 12.6. The van der Waals surface area contributed by atoms with Gasteiger partial charge in [-0.25, -0.2) is 4.98 Å². The Labute approximate surface area is 186 Å². The monoisotopic (exact) mass is 438 g/mol. The Morgan fingerprint density at radius 2 is 2.03 bits per heavy atom. The van der Waals surface area contributed by atoms with E-state index in [4.69, 9.17) is 4.74 Å². The summed E-state index contributed by atoms with van der Waals surface area (Å²) in [6.07, 6.45) is 1.98. The number of carbonyl (C=O) groups excluding carboxylic acids is 1. The molecule has 2 atom stereocenters. The lowest BCUT2D eigenvalue weighted by molar-refractivity contribution is -0.913. The zero-order valence-electron chi connectivity index (χ0n) is 18.0. The molecule has 2 bridgehead atoms. The molecule has 0 unspecified atom stereocenters. The quantitative estimate of drug-likeness (QED) is 0.595. The SMILES string of the molecule is CC(C)(O)C(=O)N1C[N@@+]2(CCc3ccc(Oc4nc5ccccc5s4)cc3)CC[C@H]1C2. The lowest BCUT2D eigenvalue weighted by Crippen LogP contribution is -2.54. The van der Waals surface area contributed by atoms with Gasteiger partial charge < -0.3 is 14.3 Å². The number of para-hydroxylation sites is 1. The first-order valence-corrected chi connectivity index (χ1v) is 11.6. The van der Waals surface area contributed by atoms with Gasteiger partial charge in [-0.2, -0.15) is 0 Å². The molecule has 0 saturated carbocycles. The van der Waals surface area contributed by atoms with Gasteiger partial charge in [0.2, 0.25) is 0 Å². The fourth-order valence-corrected chi connectivity index (χ4v) is 5.65. The number of quaternary nitrogens is 1. The highest BCUT2D eigenvalue weighted by atomic mass is 32.1. The van der Waals surface area contributed by atoms with Crippen molar-refractivity contribution >= 4 is 27.5 Å². The van der Waals surface area contributed by atoms with Crippen LogP contribution in [-0.4, -0.2) is 63.3 Å². The first-order chi connectivity index (χ1) is 14.8. The Morgan fingerprint density at radius 1 is 1.26 bits per heavy atom. The van der Waals surface area contributed by atoms with E-state index >= 15 is 0 Å². The average molecular weight is 439 g/mol. The molecule has 3 aromatic rings. The van der Waals surface area contributed by atoms with Gasteiger partial charge in [-0.3, -0.25) is 9.69 Å². The number of hydrogen-bond donors (Lipinski definition) is 1. The molecular formula is C24H28N3O3S+. The zero-order valence-corrected chi connectivity index (χ0v) is 18.8. The van der Waals surface area contributed by atoms with E-state index in [1.807, 2.05) is 41.3 Å². The van der Waals surface area contributed by atoms with Crippen molar-refractivity contribution in [1.82, 2.24) is 9.88 Å². The van der Waals surface area contributed by atoms with Crippen LogP contribution in [0.2, 0.25) is 0 Å². The van der Waals surface area contributed by atoms with E-state index in [1.165, 1.54) is 5.56 Å². The topological polar surface area (TPSA) is 62.7 Å². The Kier molecular flexibility index (Phi) is 5.00. The lowest BCUT2D eigenvalue weighted by atomic mass is 10.1.